The molecule has 2 bridgehead atoms. The third-order valence-corrected chi connectivity index (χ3v) is 9.76. The molecule has 2 atom stereocenters. The number of imide groups is 1. The van der Waals surface area contributed by atoms with Crippen LogP contribution in [0.4, 0.5) is 11.4 Å². The summed E-state index contributed by atoms with van der Waals surface area (Å²) in [6.45, 7) is 3.31. The number of anilines is 2. The first-order valence-electron chi connectivity index (χ1n) is 14.1. The molecular formula is C35H27BrN2O5. The van der Waals surface area contributed by atoms with E-state index in [1.54, 1.807) is 18.2 Å². The van der Waals surface area contributed by atoms with Gasteiger partial charge >= 0.3 is 5.97 Å². The van der Waals surface area contributed by atoms with Gasteiger partial charge in [0.25, 0.3) is 5.91 Å². The highest BCUT2D eigenvalue weighted by Gasteiger charge is 2.61. The van der Waals surface area contributed by atoms with Crippen molar-refractivity contribution in [2.45, 2.75) is 25.7 Å². The fraction of sp³-hybridized carbons (Fsp3) is 0.200. The van der Waals surface area contributed by atoms with Gasteiger partial charge in [-0.25, -0.2) is 9.69 Å². The number of hydrogen-bond acceptors (Lipinski definition) is 5. The molecule has 4 aromatic carbocycles. The van der Waals surface area contributed by atoms with Gasteiger partial charge in [0.05, 0.1) is 23.1 Å². The zero-order valence-electron chi connectivity index (χ0n) is 23.5. The molecule has 1 heterocycles. The van der Waals surface area contributed by atoms with Gasteiger partial charge < -0.3 is 10.1 Å². The third kappa shape index (κ3) is 4.31. The zero-order chi connectivity index (χ0) is 30.0. The number of nitrogens with one attached hydrogen (secondary N) is 1. The summed E-state index contributed by atoms with van der Waals surface area (Å²) in [7, 11) is 0. The molecule has 1 saturated heterocycles. The Morgan fingerprint density at radius 1 is 0.767 bits per heavy atom. The van der Waals surface area contributed by atoms with Crippen molar-refractivity contribution >= 4 is 51.0 Å². The van der Waals surface area contributed by atoms with Gasteiger partial charge in [0, 0.05) is 22.0 Å². The average Bonchev–Trinajstić information content (AvgIpc) is 3.28. The Morgan fingerprint density at radius 2 is 1.33 bits per heavy atom. The highest BCUT2D eigenvalue weighted by molar-refractivity contribution is 9.10. The molecule has 0 unspecified atom stereocenters. The molecule has 8 rings (SSSR count). The number of hydrogen-bond donors (Lipinski definition) is 1. The van der Waals surface area contributed by atoms with Crippen molar-refractivity contribution in [3.8, 4) is 0 Å². The first-order valence-corrected chi connectivity index (χ1v) is 14.9. The van der Waals surface area contributed by atoms with Crippen molar-refractivity contribution in [2.24, 2.45) is 11.8 Å². The average molecular weight is 636 g/mol. The molecule has 214 valence electrons. The van der Waals surface area contributed by atoms with Gasteiger partial charge in [-0.15, -0.1) is 0 Å². The molecule has 4 aromatic rings. The minimum absolute atomic E-state index is 0.144. The highest BCUT2D eigenvalue weighted by Crippen LogP contribution is 2.61. The minimum Gasteiger partial charge on any atom is -0.452 e. The molecular weight excluding hydrogens is 608 g/mol. The first kappa shape index (κ1) is 27.3. The number of halogens is 1. The predicted molar refractivity (Wildman–Crippen MR) is 165 cm³/mol. The Hall–Kier alpha value is -4.56. The predicted octanol–water partition coefficient (Wildman–Crippen LogP) is 6.26. The molecule has 1 N–H and O–H groups in total. The van der Waals surface area contributed by atoms with Crippen molar-refractivity contribution in [3.05, 3.63) is 128 Å². The van der Waals surface area contributed by atoms with Gasteiger partial charge in [-0.05, 0) is 77.6 Å². The van der Waals surface area contributed by atoms with E-state index >= 15 is 0 Å². The number of carbonyl (C=O) groups excluding carboxylic acids is 4. The van der Waals surface area contributed by atoms with Crippen LogP contribution in [0.3, 0.4) is 0 Å². The third-order valence-electron chi connectivity index (χ3n) is 8.90. The van der Waals surface area contributed by atoms with Crippen LogP contribution in [-0.4, -0.2) is 30.3 Å². The van der Waals surface area contributed by atoms with E-state index in [-0.39, 0.29) is 29.2 Å². The van der Waals surface area contributed by atoms with Crippen LogP contribution in [0.15, 0.2) is 89.4 Å². The molecule has 43 heavy (non-hydrogen) atoms. The number of nitrogens with zero attached hydrogens (tertiary/aromatic N) is 1. The van der Waals surface area contributed by atoms with Crippen molar-refractivity contribution in [1.82, 2.24) is 0 Å². The second kappa shape index (κ2) is 10.3. The van der Waals surface area contributed by atoms with E-state index in [0.717, 1.165) is 37.9 Å². The van der Waals surface area contributed by atoms with E-state index in [4.69, 9.17) is 4.74 Å². The number of rotatable bonds is 5. The maximum Gasteiger partial charge on any atom is 0.338 e. The topological polar surface area (TPSA) is 92.8 Å². The van der Waals surface area contributed by atoms with Crippen LogP contribution in [0, 0.1) is 25.7 Å². The molecule has 3 aliphatic carbocycles. The van der Waals surface area contributed by atoms with Gasteiger partial charge in [0.1, 0.15) is 0 Å². The van der Waals surface area contributed by atoms with E-state index in [2.05, 4.69) is 45.5 Å². The summed E-state index contributed by atoms with van der Waals surface area (Å²) in [5.41, 5.74) is 7.31. The van der Waals surface area contributed by atoms with Gasteiger partial charge in [0.2, 0.25) is 11.8 Å². The van der Waals surface area contributed by atoms with Crippen molar-refractivity contribution in [3.63, 3.8) is 0 Å². The molecule has 3 amide bonds. The summed E-state index contributed by atoms with van der Waals surface area (Å²) in [4.78, 5) is 54.8. The fourth-order valence-electron chi connectivity index (χ4n) is 7.02. The van der Waals surface area contributed by atoms with E-state index in [9.17, 15) is 19.2 Å². The fourth-order valence-corrected chi connectivity index (χ4v) is 7.48. The number of aryl methyl sites for hydroxylation is 2. The number of benzene rings is 4. The van der Waals surface area contributed by atoms with Crippen molar-refractivity contribution in [2.75, 3.05) is 16.8 Å². The largest absolute Gasteiger partial charge is 0.452 e. The maximum absolute atomic E-state index is 14.0. The molecule has 8 heteroatoms. The Morgan fingerprint density at radius 3 is 1.88 bits per heavy atom. The lowest BCUT2D eigenvalue weighted by Crippen LogP contribution is -2.41. The first-order chi connectivity index (χ1) is 20.7. The summed E-state index contributed by atoms with van der Waals surface area (Å²) < 4.78 is 6.24. The van der Waals surface area contributed by atoms with Gasteiger partial charge in [-0.3, -0.25) is 14.4 Å². The smallest absolute Gasteiger partial charge is 0.338 e. The summed E-state index contributed by atoms with van der Waals surface area (Å²) in [5.74, 6) is -3.20. The van der Waals surface area contributed by atoms with Gasteiger partial charge in [-0.2, -0.15) is 0 Å². The molecule has 0 saturated carbocycles. The second-order valence-corrected chi connectivity index (χ2v) is 12.2. The molecule has 0 spiro atoms. The SMILES string of the molecule is Cc1cc(NC(=O)COC(=O)c2cccc(N3C(=O)[C@@H]4C5c6ccccc6C(c6ccccc65)[C@@H]4C3=O)c2)c(C)cc1Br. The van der Waals surface area contributed by atoms with Crippen LogP contribution in [0.5, 0.6) is 0 Å². The summed E-state index contributed by atoms with van der Waals surface area (Å²) in [6, 6.07) is 26.2. The minimum atomic E-state index is -0.725. The Kier molecular flexibility index (Phi) is 6.54. The second-order valence-electron chi connectivity index (χ2n) is 11.4. The lowest BCUT2D eigenvalue weighted by Gasteiger charge is -2.45. The normalized spacial score (nSPS) is 21.2. The Balaban J connectivity index is 1.12. The lowest BCUT2D eigenvalue weighted by molar-refractivity contribution is -0.122. The molecule has 1 aliphatic heterocycles. The summed E-state index contributed by atoms with van der Waals surface area (Å²) in [6.07, 6.45) is 0. The Bertz CT molecular complexity index is 1750. The summed E-state index contributed by atoms with van der Waals surface area (Å²) >= 11 is 3.47. The van der Waals surface area contributed by atoms with E-state index in [1.807, 2.05) is 50.2 Å². The van der Waals surface area contributed by atoms with E-state index < -0.39 is 30.3 Å². The highest BCUT2D eigenvalue weighted by atomic mass is 79.9. The number of ether oxygens (including phenoxy) is 1. The standard InChI is InChI=1S/C35H27BrN2O5/c1-18-15-27(19(2)14-26(18)36)37-28(39)17-43-35(42)20-8-7-9-21(16-20)38-33(40)31-29-22-10-3-4-11-23(22)30(32(31)34(38)41)25-13-6-5-12-24(25)29/h3-16,29-32H,17H2,1-2H3,(H,37,39)/t29?,30?,31-,32+. The lowest BCUT2D eigenvalue weighted by atomic mass is 9.55. The van der Waals surface area contributed by atoms with Crippen LogP contribution in [-0.2, 0) is 19.1 Å². The van der Waals surface area contributed by atoms with Crippen LogP contribution in [0.2, 0.25) is 0 Å². The quantitative estimate of drug-likeness (QED) is 0.207. The van der Waals surface area contributed by atoms with Crippen LogP contribution in [0.25, 0.3) is 0 Å². The maximum atomic E-state index is 14.0. The molecule has 1 fully saturated rings. The molecule has 4 aliphatic rings. The van der Waals surface area contributed by atoms with Crippen LogP contribution in [0.1, 0.15) is 55.6 Å². The van der Waals surface area contributed by atoms with Crippen LogP contribution >= 0.6 is 15.9 Å². The van der Waals surface area contributed by atoms with E-state index in [0.29, 0.717) is 11.4 Å². The van der Waals surface area contributed by atoms with Gasteiger partial charge in [0.15, 0.2) is 6.61 Å². The van der Waals surface area contributed by atoms with E-state index in [1.165, 1.54) is 11.0 Å². The number of amides is 3. The van der Waals surface area contributed by atoms with Crippen molar-refractivity contribution < 1.29 is 23.9 Å². The summed E-state index contributed by atoms with van der Waals surface area (Å²) in [5, 5.41) is 2.78. The zero-order valence-corrected chi connectivity index (χ0v) is 25.1. The number of carbonyl (C=O) groups is 4. The molecule has 0 radical (unpaired) electrons. The monoisotopic (exact) mass is 634 g/mol. The molecule has 0 aromatic heterocycles. The molecule has 7 nitrogen and oxygen atoms in total. The Labute approximate surface area is 257 Å². The van der Waals surface area contributed by atoms with Crippen molar-refractivity contribution in [1.29, 1.82) is 0 Å². The van der Waals surface area contributed by atoms with Crippen LogP contribution < -0.4 is 10.2 Å². The number of esters is 1. The van der Waals surface area contributed by atoms with Gasteiger partial charge in [-0.1, -0.05) is 70.5 Å².